The van der Waals surface area contributed by atoms with Crippen molar-refractivity contribution in [2.24, 2.45) is 0 Å². The largest absolute Gasteiger partial charge is 0.399 e. The molecule has 0 amide bonds. The van der Waals surface area contributed by atoms with Crippen molar-refractivity contribution in [1.82, 2.24) is 15.0 Å². The summed E-state index contributed by atoms with van der Waals surface area (Å²) in [6.07, 6.45) is 2.85. The van der Waals surface area contributed by atoms with Gasteiger partial charge in [0.15, 0.2) is 12.0 Å². The van der Waals surface area contributed by atoms with Crippen LogP contribution in [0.4, 0.5) is 10.1 Å². The number of nitrogens with two attached hydrogens (primary N) is 1. The molecule has 1 fully saturated rings. The number of rotatable bonds is 1. The fourth-order valence-electron chi connectivity index (χ4n) is 2.15. The highest BCUT2D eigenvalue weighted by atomic mass is 19.1. The van der Waals surface area contributed by atoms with E-state index in [0.29, 0.717) is 17.8 Å². The number of hydrogen-bond donors (Lipinski definition) is 1. The zero-order chi connectivity index (χ0) is 11.8. The highest BCUT2D eigenvalue weighted by Gasteiger charge is 2.20. The smallest absolute Gasteiger partial charge is 0.155 e. The number of benzene rings is 1. The maximum atomic E-state index is 13.6. The molecule has 1 aliphatic rings. The Morgan fingerprint density at radius 3 is 3.06 bits per heavy atom. The van der Waals surface area contributed by atoms with E-state index in [1.54, 1.807) is 10.7 Å². The van der Waals surface area contributed by atoms with Crippen LogP contribution in [0.15, 0.2) is 12.1 Å². The lowest BCUT2D eigenvalue weighted by Gasteiger charge is -2.22. The van der Waals surface area contributed by atoms with Gasteiger partial charge in [-0.25, -0.2) is 9.07 Å². The molecule has 2 N–H and O–H groups in total. The van der Waals surface area contributed by atoms with E-state index in [9.17, 15) is 4.39 Å². The average molecular weight is 236 g/mol. The third kappa shape index (κ3) is 1.74. The normalized spacial score (nSPS) is 20.9. The average Bonchev–Trinajstić information content (AvgIpc) is 2.74. The Kier molecular flexibility index (Phi) is 2.44. The van der Waals surface area contributed by atoms with Crippen LogP contribution < -0.4 is 5.73 Å². The van der Waals surface area contributed by atoms with E-state index >= 15 is 0 Å². The number of fused-ring (bicyclic) bond motifs is 1. The maximum Gasteiger partial charge on any atom is 0.155 e. The van der Waals surface area contributed by atoms with Gasteiger partial charge in [-0.15, -0.1) is 5.10 Å². The van der Waals surface area contributed by atoms with Gasteiger partial charge >= 0.3 is 0 Å². The van der Waals surface area contributed by atoms with Gasteiger partial charge in [0.1, 0.15) is 5.52 Å². The molecule has 6 heteroatoms. The summed E-state index contributed by atoms with van der Waals surface area (Å²) in [7, 11) is 0. The monoisotopic (exact) mass is 236 g/mol. The van der Waals surface area contributed by atoms with Crippen molar-refractivity contribution in [2.45, 2.75) is 25.5 Å². The van der Waals surface area contributed by atoms with E-state index in [1.807, 2.05) is 0 Å². The van der Waals surface area contributed by atoms with Gasteiger partial charge in [0, 0.05) is 12.3 Å². The van der Waals surface area contributed by atoms with Gasteiger partial charge in [-0.05, 0) is 31.4 Å². The minimum absolute atomic E-state index is 0.157. The fourth-order valence-corrected chi connectivity index (χ4v) is 2.15. The molecule has 0 saturated carbocycles. The quantitative estimate of drug-likeness (QED) is 0.767. The Labute approximate surface area is 97.3 Å². The molecule has 1 aliphatic heterocycles. The summed E-state index contributed by atoms with van der Waals surface area (Å²) in [6.45, 7) is 0.705. The Hall–Kier alpha value is -1.69. The molecular formula is C11H13FN4O. The van der Waals surface area contributed by atoms with Gasteiger partial charge in [-0.2, -0.15) is 0 Å². The van der Waals surface area contributed by atoms with Crippen LogP contribution in [0.1, 0.15) is 25.5 Å². The number of nitrogen functional groups attached to an aromatic ring is 1. The summed E-state index contributed by atoms with van der Waals surface area (Å²) in [5, 5.41) is 7.80. The number of ether oxygens (including phenoxy) is 1. The molecule has 0 aliphatic carbocycles. The zero-order valence-electron chi connectivity index (χ0n) is 9.27. The van der Waals surface area contributed by atoms with Crippen molar-refractivity contribution in [3.8, 4) is 0 Å². The molecule has 17 heavy (non-hydrogen) atoms. The van der Waals surface area contributed by atoms with Crippen molar-refractivity contribution in [2.75, 3.05) is 12.3 Å². The molecule has 2 aromatic rings. The molecule has 1 unspecified atom stereocenters. The predicted octanol–water partition coefficient (Wildman–Crippen LogP) is 1.85. The second-order valence-corrected chi connectivity index (χ2v) is 4.23. The lowest BCUT2D eigenvalue weighted by Crippen LogP contribution is -2.19. The van der Waals surface area contributed by atoms with Gasteiger partial charge in [0.25, 0.3) is 0 Å². The molecule has 0 bridgehead atoms. The molecule has 0 spiro atoms. The van der Waals surface area contributed by atoms with E-state index in [0.717, 1.165) is 19.3 Å². The Balaban J connectivity index is 2.10. The summed E-state index contributed by atoms with van der Waals surface area (Å²) in [6, 6.07) is 2.93. The van der Waals surface area contributed by atoms with Crippen molar-refractivity contribution < 1.29 is 9.13 Å². The van der Waals surface area contributed by atoms with E-state index in [1.165, 1.54) is 6.07 Å². The van der Waals surface area contributed by atoms with Crippen LogP contribution in [-0.2, 0) is 4.74 Å². The van der Waals surface area contributed by atoms with Gasteiger partial charge in [-0.1, -0.05) is 5.21 Å². The van der Waals surface area contributed by atoms with E-state index in [2.05, 4.69) is 10.3 Å². The number of aromatic nitrogens is 3. The van der Waals surface area contributed by atoms with Crippen LogP contribution in [0.2, 0.25) is 0 Å². The summed E-state index contributed by atoms with van der Waals surface area (Å²) < 4.78 is 20.8. The minimum atomic E-state index is -0.443. The Morgan fingerprint density at radius 1 is 1.41 bits per heavy atom. The van der Waals surface area contributed by atoms with E-state index < -0.39 is 5.82 Å². The predicted molar refractivity (Wildman–Crippen MR) is 60.7 cm³/mol. The number of halogens is 1. The maximum absolute atomic E-state index is 13.6. The van der Waals surface area contributed by atoms with Crippen LogP contribution in [0.5, 0.6) is 0 Å². The summed E-state index contributed by atoms with van der Waals surface area (Å²) in [4.78, 5) is 0. The SMILES string of the molecule is Nc1cc(F)c2nnn(C3CCCCO3)c2c1. The highest BCUT2D eigenvalue weighted by molar-refractivity contribution is 5.78. The Morgan fingerprint density at radius 2 is 2.29 bits per heavy atom. The molecule has 1 atom stereocenters. The first-order valence-corrected chi connectivity index (χ1v) is 5.67. The lowest BCUT2D eigenvalue weighted by atomic mass is 10.2. The lowest BCUT2D eigenvalue weighted by molar-refractivity contribution is -0.0377. The third-order valence-electron chi connectivity index (χ3n) is 2.98. The second kappa shape index (κ2) is 3.96. The molecule has 1 aromatic carbocycles. The van der Waals surface area contributed by atoms with Crippen molar-refractivity contribution in [3.63, 3.8) is 0 Å². The second-order valence-electron chi connectivity index (χ2n) is 4.23. The van der Waals surface area contributed by atoms with Crippen LogP contribution in [-0.4, -0.2) is 21.6 Å². The highest BCUT2D eigenvalue weighted by Crippen LogP contribution is 2.27. The number of nitrogens with zero attached hydrogens (tertiary/aromatic N) is 3. The van der Waals surface area contributed by atoms with Crippen LogP contribution in [0.3, 0.4) is 0 Å². The van der Waals surface area contributed by atoms with Crippen LogP contribution in [0, 0.1) is 5.82 Å². The third-order valence-corrected chi connectivity index (χ3v) is 2.98. The summed E-state index contributed by atoms with van der Waals surface area (Å²) in [5.74, 6) is -0.443. The molecule has 1 aromatic heterocycles. The van der Waals surface area contributed by atoms with Crippen LogP contribution in [0.25, 0.3) is 11.0 Å². The summed E-state index contributed by atoms with van der Waals surface area (Å²) >= 11 is 0. The van der Waals surface area contributed by atoms with E-state index in [-0.39, 0.29) is 11.7 Å². The van der Waals surface area contributed by atoms with Gasteiger partial charge in [0.05, 0.1) is 5.52 Å². The fraction of sp³-hybridized carbons (Fsp3) is 0.455. The topological polar surface area (TPSA) is 66.0 Å². The van der Waals surface area contributed by atoms with Gasteiger partial charge in [0.2, 0.25) is 0 Å². The molecule has 2 heterocycles. The molecule has 90 valence electrons. The molecular weight excluding hydrogens is 223 g/mol. The van der Waals surface area contributed by atoms with Gasteiger partial charge < -0.3 is 10.5 Å². The molecule has 5 nitrogen and oxygen atoms in total. The van der Waals surface area contributed by atoms with Crippen LogP contribution >= 0.6 is 0 Å². The van der Waals surface area contributed by atoms with Crippen molar-refractivity contribution >= 4 is 16.7 Å². The first kappa shape index (κ1) is 10.5. The van der Waals surface area contributed by atoms with Gasteiger partial charge in [-0.3, -0.25) is 0 Å². The first-order chi connectivity index (χ1) is 8.25. The number of hydrogen-bond acceptors (Lipinski definition) is 4. The molecule has 1 saturated heterocycles. The van der Waals surface area contributed by atoms with Crippen molar-refractivity contribution in [3.05, 3.63) is 17.9 Å². The molecule has 3 rings (SSSR count). The number of anilines is 1. The summed E-state index contributed by atoms with van der Waals surface area (Å²) in [5.41, 5.74) is 6.84. The Bertz CT molecular complexity index is 548. The molecule has 0 radical (unpaired) electrons. The standard InChI is InChI=1S/C11H13FN4O/c12-8-5-7(13)6-9-11(8)14-15-16(9)10-3-1-2-4-17-10/h5-6,10H,1-4,13H2. The van der Waals surface area contributed by atoms with Crippen molar-refractivity contribution in [1.29, 1.82) is 0 Å². The first-order valence-electron chi connectivity index (χ1n) is 5.67. The zero-order valence-corrected chi connectivity index (χ0v) is 9.27. The minimum Gasteiger partial charge on any atom is -0.399 e. The van der Waals surface area contributed by atoms with E-state index in [4.69, 9.17) is 10.5 Å².